The summed E-state index contributed by atoms with van der Waals surface area (Å²) in [5.74, 6) is 1.39. The third-order valence-electron chi connectivity index (χ3n) is 5.54. The van der Waals surface area contributed by atoms with Gasteiger partial charge in [0.15, 0.2) is 5.16 Å². The van der Waals surface area contributed by atoms with E-state index in [-0.39, 0.29) is 5.91 Å². The van der Waals surface area contributed by atoms with E-state index in [1.165, 1.54) is 28.1 Å². The topological polar surface area (TPSA) is 54.3 Å². The molecule has 1 amide bonds. The Bertz CT molecular complexity index is 1030. The van der Waals surface area contributed by atoms with Gasteiger partial charge in [0, 0.05) is 39.3 Å². The molecule has 7 heteroatoms. The van der Waals surface area contributed by atoms with E-state index in [1.54, 1.807) is 0 Å². The number of rotatable bonds is 7. The molecule has 1 aliphatic heterocycles. The molecule has 2 heterocycles. The van der Waals surface area contributed by atoms with Gasteiger partial charge in [-0.2, -0.15) is 0 Å². The molecule has 1 aliphatic rings. The van der Waals surface area contributed by atoms with Crippen LogP contribution in [-0.2, 0) is 17.9 Å². The number of hydrogen-bond acceptors (Lipinski definition) is 5. The Hall–Kier alpha value is -2.64. The van der Waals surface area contributed by atoms with Crippen LogP contribution >= 0.6 is 11.8 Å². The number of amides is 1. The molecule has 0 bridgehead atoms. The van der Waals surface area contributed by atoms with Gasteiger partial charge in [-0.25, -0.2) is 0 Å². The summed E-state index contributed by atoms with van der Waals surface area (Å²) in [5, 5.41) is 11.7. The minimum atomic E-state index is 0.163. The second-order valence-electron chi connectivity index (χ2n) is 7.51. The van der Waals surface area contributed by atoms with Crippen molar-refractivity contribution in [3.05, 3.63) is 66.5 Å². The maximum atomic E-state index is 12.7. The lowest BCUT2D eigenvalue weighted by Crippen LogP contribution is -2.48. The molecule has 2 aromatic carbocycles. The van der Waals surface area contributed by atoms with Crippen molar-refractivity contribution in [1.29, 1.82) is 0 Å². The Labute approximate surface area is 181 Å². The fourth-order valence-corrected chi connectivity index (χ4v) is 4.75. The first-order valence-electron chi connectivity index (χ1n) is 10.3. The third kappa shape index (κ3) is 4.57. The van der Waals surface area contributed by atoms with Gasteiger partial charge in [-0.3, -0.25) is 9.69 Å². The molecular weight excluding hydrogens is 394 g/mol. The molecule has 0 saturated carbocycles. The van der Waals surface area contributed by atoms with Crippen LogP contribution in [0, 0.1) is 6.92 Å². The van der Waals surface area contributed by atoms with Crippen molar-refractivity contribution >= 4 is 28.4 Å². The van der Waals surface area contributed by atoms with E-state index in [4.69, 9.17) is 0 Å². The highest BCUT2D eigenvalue weighted by molar-refractivity contribution is 7.99. The number of allylic oxidation sites excluding steroid dienone is 1. The second-order valence-corrected chi connectivity index (χ2v) is 8.46. The number of aromatic nitrogens is 3. The predicted molar refractivity (Wildman–Crippen MR) is 121 cm³/mol. The zero-order chi connectivity index (χ0) is 20.9. The molecule has 1 fully saturated rings. The second kappa shape index (κ2) is 9.45. The number of piperazine rings is 1. The van der Waals surface area contributed by atoms with E-state index >= 15 is 0 Å². The van der Waals surface area contributed by atoms with E-state index in [1.807, 2.05) is 22.5 Å². The van der Waals surface area contributed by atoms with Gasteiger partial charge in [0.2, 0.25) is 5.91 Å². The Kier molecular flexibility index (Phi) is 6.50. The molecule has 0 atom stereocenters. The van der Waals surface area contributed by atoms with Crippen molar-refractivity contribution in [3.63, 3.8) is 0 Å². The van der Waals surface area contributed by atoms with Gasteiger partial charge in [0.1, 0.15) is 5.82 Å². The summed E-state index contributed by atoms with van der Waals surface area (Å²) >= 11 is 1.45. The highest BCUT2D eigenvalue weighted by Gasteiger charge is 2.22. The molecule has 0 spiro atoms. The fraction of sp³-hybridized carbons (Fsp3) is 0.348. The van der Waals surface area contributed by atoms with E-state index in [0.29, 0.717) is 12.3 Å². The molecule has 1 aromatic heterocycles. The largest absolute Gasteiger partial charge is 0.339 e. The van der Waals surface area contributed by atoms with Crippen LogP contribution in [0.15, 0.2) is 60.3 Å². The van der Waals surface area contributed by atoms with Crippen LogP contribution in [0.4, 0.5) is 0 Å². The summed E-state index contributed by atoms with van der Waals surface area (Å²) in [6.45, 7) is 10.6. The average molecular weight is 422 g/mol. The number of carbonyl (C=O) groups excluding carboxylic acids is 1. The maximum Gasteiger partial charge on any atom is 0.233 e. The van der Waals surface area contributed by atoms with Crippen molar-refractivity contribution in [2.75, 3.05) is 31.9 Å². The molecule has 0 aliphatic carbocycles. The van der Waals surface area contributed by atoms with Crippen LogP contribution in [0.2, 0.25) is 0 Å². The lowest BCUT2D eigenvalue weighted by Gasteiger charge is -2.35. The SMILES string of the molecule is C=CCn1c(C)nnc1SCC(=O)N1CCN(Cc2cccc3ccccc23)CC1. The predicted octanol–water partition coefficient (Wildman–Crippen LogP) is 3.36. The van der Waals surface area contributed by atoms with Gasteiger partial charge in [-0.05, 0) is 23.3 Å². The summed E-state index contributed by atoms with van der Waals surface area (Å²) in [6.07, 6.45) is 1.82. The maximum absolute atomic E-state index is 12.7. The number of benzene rings is 2. The lowest BCUT2D eigenvalue weighted by molar-refractivity contribution is -0.130. The highest BCUT2D eigenvalue weighted by atomic mass is 32.2. The fourth-order valence-electron chi connectivity index (χ4n) is 3.85. The first-order valence-corrected chi connectivity index (χ1v) is 11.2. The van der Waals surface area contributed by atoms with E-state index in [0.717, 1.165) is 43.7 Å². The molecule has 6 nitrogen and oxygen atoms in total. The van der Waals surface area contributed by atoms with Crippen molar-refractivity contribution < 1.29 is 4.79 Å². The molecule has 0 unspecified atom stereocenters. The normalized spacial score (nSPS) is 14.9. The number of nitrogens with zero attached hydrogens (tertiary/aromatic N) is 5. The van der Waals surface area contributed by atoms with Crippen LogP contribution in [0.1, 0.15) is 11.4 Å². The van der Waals surface area contributed by atoms with E-state index in [9.17, 15) is 4.79 Å². The molecule has 156 valence electrons. The number of aryl methyl sites for hydroxylation is 1. The van der Waals surface area contributed by atoms with Crippen molar-refractivity contribution in [1.82, 2.24) is 24.6 Å². The first-order chi connectivity index (χ1) is 14.7. The summed E-state index contributed by atoms with van der Waals surface area (Å²) < 4.78 is 1.98. The Morgan fingerprint density at radius 3 is 2.67 bits per heavy atom. The zero-order valence-electron chi connectivity index (χ0n) is 17.3. The Morgan fingerprint density at radius 1 is 1.10 bits per heavy atom. The summed E-state index contributed by atoms with van der Waals surface area (Å²) in [7, 11) is 0. The third-order valence-corrected chi connectivity index (χ3v) is 6.49. The lowest BCUT2D eigenvalue weighted by atomic mass is 10.0. The standard InChI is InChI=1S/C23H27N5OS/c1-3-11-28-18(2)24-25-23(28)30-17-22(29)27-14-12-26(13-15-27)16-20-9-6-8-19-7-4-5-10-21(19)20/h3-10H,1,11-17H2,2H3. The Balaban J connectivity index is 1.30. The molecule has 1 saturated heterocycles. The van der Waals surface area contributed by atoms with Gasteiger partial charge >= 0.3 is 0 Å². The summed E-state index contributed by atoms with van der Waals surface area (Å²) in [4.78, 5) is 17.1. The van der Waals surface area contributed by atoms with Gasteiger partial charge < -0.3 is 9.47 Å². The summed E-state index contributed by atoms with van der Waals surface area (Å²) in [6, 6.07) is 15.0. The van der Waals surface area contributed by atoms with E-state index < -0.39 is 0 Å². The van der Waals surface area contributed by atoms with Crippen LogP contribution in [0.3, 0.4) is 0 Å². The van der Waals surface area contributed by atoms with Crippen LogP contribution < -0.4 is 0 Å². The smallest absolute Gasteiger partial charge is 0.233 e. The summed E-state index contributed by atoms with van der Waals surface area (Å²) in [5.41, 5.74) is 1.35. The number of hydrogen-bond donors (Lipinski definition) is 0. The van der Waals surface area contributed by atoms with E-state index in [2.05, 4.69) is 64.1 Å². The number of thioether (sulfide) groups is 1. The van der Waals surface area contributed by atoms with Gasteiger partial charge in [0.25, 0.3) is 0 Å². The molecule has 0 radical (unpaired) electrons. The molecule has 4 rings (SSSR count). The van der Waals surface area contributed by atoms with Gasteiger partial charge in [-0.15, -0.1) is 16.8 Å². The number of carbonyl (C=O) groups is 1. The van der Waals surface area contributed by atoms with Gasteiger partial charge in [-0.1, -0.05) is 60.3 Å². The van der Waals surface area contributed by atoms with Crippen molar-refractivity contribution in [3.8, 4) is 0 Å². The minimum Gasteiger partial charge on any atom is -0.339 e. The molecule has 3 aromatic rings. The van der Waals surface area contributed by atoms with Crippen LogP contribution in [-0.4, -0.2) is 62.4 Å². The molecule has 0 N–H and O–H groups in total. The molecule has 30 heavy (non-hydrogen) atoms. The Morgan fingerprint density at radius 2 is 1.87 bits per heavy atom. The van der Waals surface area contributed by atoms with Crippen LogP contribution in [0.25, 0.3) is 10.8 Å². The van der Waals surface area contributed by atoms with Crippen LogP contribution in [0.5, 0.6) is 0 Å². The van der Waals surface area contributed by atoms with Crippen molar-refractivity contribution in [2.45, 2.75) is 25.2 Å². The highest BCUT2D eigenvalue weighted by Crippen LogP contribution is 2.21. The number of fused-ring (bicyclic) bond motifs is 1. The van der Waals surface area contributed by atoms with Gasteiger partial charge in [0.05, 0.1) is 5.75 Å². The monoisotopic (exact) mass is 421 g/mol. The average Bonchev–Trinajstić information content (AvgIpc) is 3.12. The minimum absolute atomic E-state index is 0.163. The first kappa shape index (κ1) is 20.6. The van der Waals surface area contributed by atoms with Crippen molar-refractivity contribution in [2.24, 2.45) is 0 Å². The molecular formula is C23H27N5OS. The zero-order valence-corrected chi connectivity index (χ0v) is 18.1. The quantitative estimate of drug-likeness (QED) is 0.433.